The van der Waals surface area contributed by atoms with Crippen molar-refractivity contribution in [2.75, 3.05) is 11.4 Å². The fourth-order valence-corrected chi connectivity index (χ4v) is 2.98. The Bertz CT molecular complexity index is 553. The molecule has 2 rings (SSSR count). The van der Waals surface area contributed by atoms with E-state index >= 15 is 0 Å². The summed E-state index contributed by atoms with van der Waals surface area (Å²) in [7, 11) is 0. The summed E-state index contributed by atoms with van der Waals surface area (Å²) in [6.07, 6.45) is 2.02. The van der Waals surface area contributed by atoms with Crippen LogP contribution < -0.4 is 4.90 Å². The molecule has 0 aliphatic carbocycles. The van der Waals surface area contributed by atoms with Crippen molar-refractivity contribution in [2.24, 2.45) is 0 Å². The van der Waals surface area contributed by atoms with Gasteiger partial charge in [0.2, 0.25) is 0 Å². The van der Waals surface area contributed by atoms with E-state index in [9.17, 15) is 9.90 Å². The third-order valence-corrected chi connectivity index (χ3v) is 4.17. The van der Waals surface area contributed by atoms with Crippen molar-refractivity contribution in [3.05, 3.63) is 28.8 Å². The smallest absolute Gasteiger partial charge is 0.329 e. The first-order chi connectivity index (χ1) is 9.05. The lowest BCUT2D eigenvalue weighted by molar-refractivity contribution is -0.143. The van der Waals surface area contributed by atoms with Crippen LogP contribution >= 0.6 is 11.6 Å². The number of nitrogens with zero attached hydrogens (tertiary/aromatic N) is 2. The molecule has 0 amide bonds. The van der Waals surface area contributed by atoms with Crippen LogP contribution in [0.25, 0.3) is 0 Å². The summed E-state index contributed by atoms with van der Waals surface area (Å²) >= 11 is 6.03. The summed E-state index contributed by atoms with van der Waals surface area (Å²) in [5.41, 5.74) is 0.324. The average Bonchev–Trinajstić information content (AvgIpc) is 2.83. The number of carboxylic acid groups (broad SMARTS) is 1. The van der Waals surface area contributed by atoms with Crippen molar-refractivity contribution >= 4 is 23.3 Å². The molecule has 1 fully saturated rings. The van der Waals surface area contributed by atoms with Gasteiger partial charge in [-0.2, -0.15) is 5.26 Å². The van der Waals surface area contributed by atoms with Crippen LogP contribution in [-0.2, 0) is 4.79 Å². The van der Waals surface area contributed by atoms with Crippen molar-refractivity contribution < 1.29 is 9.90 Å². The molecule has 1 aromatic carbocycles. The Balaban J connectivity index is 2.43. The van der Waals surface area contributed by atoms with Gasteiger partial charge < -0.3 is 10.0 Å². The highest BCUT2D eigenvalue weighted by molar-refractivity contribution is 6.32. The van der Waals surface area contributed by atoms with Gasteiger partial charge in [0.15, 0.2) is 0 Å². The van der Waals surface area contributed by atoms with Crippen molar-refractivity contribution in [2.45, 2.75) is 31.7 Å². The second kappa shape index (κ2) is 5.10. The summed E-state index contributed by atoms with van der Waals surface area (Å²) < 4.78 is 0. The van der Waals surface area contributed by atoms with E-state index in [1.165, 1.54) is 0 Å². The first-order valence-corrected chi connectivity index (χ1v) is 6.63. The maximum absolute atomic E-state index is 11.6. The molecule has 0 radical (unpaired) electrons. The molecule has 1 aliphatic heterocycles. The number of hydrogen-bond acceptors (Lipinski definition) is 3. The number of benzene rings is 1. The van der Waals surface area contributed by atoms with Gasteiger partial charge in [-0.3, -0.25) is 0 Å². The number of nitriles is 1. The Morgan fingerprint density at radius 1 is 1.63 bits per heavy atom. The molecule has 0 saturated carbocycles. The highest BCUT2D eigenvalue weighted by Gasteiger charge is 2.46. The maximum Gasteiger partial charge on any atom is 0.329 e. The fraction of sp³-hybridized carbons (Fsp3) is 0.429. The summed E-state index contributed by atoms with van der Waals surface area (Å²) in [4.78, 5) is 13.5. The first-order valence-electron chi connectivity index (χ1n) is 6.26. The van der Waals surface area contributed by atoms with Crippen LogP contribution in [0.4, 0.5) is 5.69 Å². The third kappa shape index (κ3) is 2.15. The second-order valence-corrected chi connectivity index (χ2v) is 5.13. The van der Waals surface area contributed by atoms with Crippen LogP contribution in [0, 0.1) is 11.3 Å². The van der Waals surface area contributed by atoms with Gasteiger partial charge in [0.05, 0.1) is 10.6 Å². The topological polar surface area (TPSA) is 64.3 Å². The van der Waals surface area contributed by atoms with E-state index in [1.54, 1.807) is 18.2 Å². The van der Waals surface area contributed by atoms with E-state index in [4.69, 9.17) is 16.9 Å². The number of halogens is 1. The molecule has 1 N–H and O–H groups in total. The van der Waals surface area contributed by atoms with E-state index in [-0.39, 0.29) is 0 Å². The number of hydrogen-bond donors (Lipinski definition) is 1. The highest BCUT2D eigenvalue weighted by Crippen LogP contribution is 2.38. The molecular formula is C14H15ClN2O2. The monoisotopic (exact) mass is 278 g/mol. The van der Waals surface area contributed by atoms with E-state index in [0.29, 0.717) is 30.0 Å². The van der Waals surface area contributed by atoms with Crippen molar-refractivity contribution in [1.29, 1.82) is 5.26 Å². The second-order valence-electron chi connectivity index (χ2n) is 4.72. The average molecular weight is 279 g/mol. The zero-order valence-electron chi connectivity index (χ0n) is 10.7. The zero-order chi connectivity index (χ0) is 14.0. The molecule has 1 atom stereocenters. The first kappa shape index (κ1) is 13.7. The SMILES string of the molecule is CCC1(C(=O)O)CCCN1c1ccc(C#N)c(Cl)c1. The molecule has 0 aromatic heterocycles. The van der Waals surface area contributed by atoms with E-state index < -0.39 is 11.5 Å². The molecule has 1 saturated heterocycles. The lowest BCUT2D eigenvalue weighted by Gasteiger charge is -2.35. The lowest BCUT2D eigenvalue weighted by atomic mass is 9.92. The minimum Gasteiger partial charge on any atom is -0.479 e. The number of carbonyl (C=O) groups is 1. The van der Waals surface area contributed by atoms with Gasteiger partial charge in [0.25, 0.3) is 0 Å². The Labute approximate surface area is 117 Å². The third-order valence-electron chi connectivity index (χ3n) is 3.86. The molecule has 1 unspecified atom stereocenters. The van der Waals surface area contributed by atoms with Crippen LogP contribution in [-0.4, -0.2) is 23.2 Å². The predicted molar refractivity (Wildman–Crippen MR) is 73.4 cm³/mol. The van der Waals surface area contributed by atoms with Gasteiger partial charge >= 0.3 is 5.97 Å². The Hall–Kier alpha value is -1.73. The number of rotatable bonds is 3. The van der Waals surface area contributed by atoms with Crippen LogP contribution in [0.15, 0.2) is 18.2 Å². The van der Waals surface area contributed by atoms with Gasteiger partial charge in [-0.05, 0) is 37.5 Å². The van der Waals surface area contributed by atoms with Crippen LogP contribution in [0.3, 0.4) is 0 Å². The quantitative estimate of drug-likeness (QED) is 0.923. The van der Waals surface area contributed by atoms with Crippen molar-refractivity contribution in [3.8, 4) is 6.07 Å². The minimum absolute atomic E-state index is 0.363. The van der Waals surface area contributed by atoms with E-state index in [2.05, 4.69) is 0 Å². The van der Waals surface area contributed by atoms with Gasteiger partial charge in [0, 0.05) is 12.2 Å². The molecule has 0 bridgehead atoms. The summed E-state index contributed by atoms with van der Waals surface area (Å²) in [6.45, 7) is 2.58. The minimum atomic E-state index is -0.850. The van der Waals surface area contributed by atoms with Crippen molar-refractivity contribution in [3.63, 3.8) is 0 Å². The molecular weight excluding hydrogens is 264 g/mol. The van der Waals surface area contributed by atoms with Crippen LogP contribution in [0.5, 0.6) is 0 Å². The Morgan fingerprint density at radius 3 is 2.89 bits per heavy atom. The number of anilines is 1. The molecule has 0 spiro atoms. The van der Waals surface area contributed by atoms with Gasteiger partial charge in [-0.25, -0.2) is 4.79 Å². The van der Waals surface area contributed by atoms with Crippen molar-refractivity contribution in [1.82, 2.24) is 0 Å². The maximum atomic E-state index is 11.6. The van der Waals surface area contributed by atoms with Gasteiger partial charge in [0.1, 0.15) is 11.6 Å². The highest BCUT2D eigenvalue weighted by atomic mass is 35.5. The molecule has 1 aromatic rings. The number of carboxylic acids is 1. The predicted octanol–water partition coefficient (Wildman–Crippen LogP) is 3.05. The van der Waals surface area contributed by atoms with E-state index in [0.717, 1.165) is 12.1 Å². The standard InChI is InChI=1S/C14H15ClN2O2/c1-2-14(13(18)19)6-3-7-17(14)11-5-4-10(9-16)12(15)8-11/h4-5,8H,2-3,6-7H2,1H3,(H,18,19). The van der Waals surface area contributed by atoms with Gasteiger partial charge in [-0.1, -0.05) is 18.5 Å². The molecule has 100 valence electrons. The van der Waals surface area contributed by atoms with E-state index in [1.807, 2.05) is 17.9 Å². The zero-order valence-corrected chi connectivity index (χ0v) is 11.4. The molecule has 1 aliphatic rings. The molecule has 4 nitrogen and oxygen atoms in total. The molecule has 5 heteroatoms. The summed E-state index contributed by atoms with van der Waals surface area (Å²) in [5.74, 6) is -0.798. The summed E-state index contributed by atoms with van der Waals surface area (Å²) in [5, 5.41) is 18.8. The summed E-state index contributed by atoms with van der Waals surface area (Å²) in [6, 6.07) is 7.09. The molecule has 19 heavy (non-hydrogen) atoms. The number of aliphatic carboxylic acids is 1. The van der Waals surface area contributed by atoms with Crippen LogP contribution in [0.1, 0.15) is 31.7 Å². The lowest BCUT2D eigenvalue weighted by Crippen LogP contribution is -2.50. The Kier molecular flexibility index (Phi) is 3.68. The fourth-order valence-electron chi connectivity index (χ4n) is 2.76. The van der Waals surface area contributed by atoms with Gasteiger partial charge in [-0.15, -0.1) is 0 Å². The largest absolute Gasteiger partial charge is 0.479 e. The van der Waals surface area contributed by atoms with Crippen LogP contribution in [0.2, 0.25) is 5.02 Å². The molecule has 1 heterocycles. The Morgan fingerprint density at radius 2 is 2.37 bits per heavy atom. The normalized spacial score (nSPS) is 22.3.